The first-order valence-electron chi connectivity index (χ1n) is 4.12. The smallest absolute Gasteiger partial charge is 0.243 e. The number of nitrogens with two attached hydrogens (primary N) is 1. The molecule has 1 aromatic rings. The minimum absolute atomic E-state index is 0.0540. The topological polar surface area (TPSA) is 80.9 Å². The lowest BCUT2D eigenvalue weighted by Gasteiger charge is -2.08. The summed E-state index contributed by atoms with van der Waals surface area (Å²) in [6.45, 7) is 0. The SMILES string of the molecule is C#CCC(N)C(=O)Nc1ccnc(Cl)n1. The van der Waals surface area contributed by atoms with Crippen molar-refractivity contribution in [2.24, 2.45) is 5.73 Å². The molecular formula is C9H9ClN4O. The van der Waals surface area contributed by atoms with E-state index < -0.39 is 11.9 Å². The lowest BCUT2D eigenvalue weighted by molar-refractivity contribution is -0.117. The number of nitrogens with zero attached hydrogens (tertiary/aromatic N) is 2. The van der Waals surface area contributed by atoms with E-state index in [1.165, 1.54) is 12.3 Å². The van der Waals surface area contributed by atoms with Crippen LogP contribution in [-0.2, 0) is 4.79 Å². The molecule has 1 rings (SSSR count). The van der Waals surface area contributed by atoms with Gasteiger partial charge in [0.15, 0.2) is 0 Å². The molecule has 0 bridgehead atoms. The standard InChI is InChI=1S/C9H9ClN4O/c1-2-3-6(11)8(15)13-7-4-5-12-9(10)14-7/h1,4-6H,3,11H2,(H,12,13,14,15). The molecule has 0 saturated carbocycles. The second-order valence-corrected chi connectivity index (χ2v) is 3.05. The van der Waals surface area contributed by atoms with E-state index >= 15 is 0 Å². The van der Waals surface area contributed by atoms with Crippen LogP contribution in [0.15, 0.2) is 12.3 Å². The van der Waals surface area contributed by atoms with Crippen LogP contribution in [0.4, 0.5) is 5.82 Å². The normalized spacial score (nSPS) is 11.5. The fourth-order valence-electron chi connectivity index (χ4n) is 0.843. The van der Waals surface area contributed by atoms with Gasteiger partial charge in [-0.25, -0.2) is 9.97 Å². The summed E-state index contributed by atoms with van der Waals surface area (Å²) >= 11 is 5.53. The molecule has 1 heterocycles. The van der Waals surface area contributed by atoms with Crippen LogP contribution in [0, 0.1) is 12.3 Å². The van der Waals surface area contributed by atoms with Gasteiger partial charge in [0.1, 0.15) is 5.82 Å². The van der Waals surface area contributed by atoms with E-state index in [4.69, 9.17) is 23.8 Å². The predicted molar refractivity (Wildman–Crippen MR) is 57.1 cm³/mol. The van der Waals surface area contributed by atoms with Crippen molar-refractivity contribution >= 4 is 23.3 Å². The summed E-state index contributed by atoms with van der Waals surface area (Å²) < 4.78 is 0. The van der Waals surface area contributed by atoms with Crippen LogP contribution in [0.25, 0.3) is 0 Å². The van der Waals surface area contributed by atoms with Crippen LogP contribution in [0.2, 0.25) is 5.28 Å². The van der Waals surface area contributed by atoms with Crippen molar-refractivity contribution < 1.29 is 4.79 Å². The van der Waals surface area contributed by atoms with Gasteiger partial charge in [0.25, 0.3) is 0 Å². The van der Waals surface area contributed by atoms with Gasteiger partial charge in [-0.1, -0.05) is 0 Å². The molecule has 1 atom stereocenters. The molecule has 6 heteroatoms. The molecular weight excluding hydrogens is 216 g/mol. The number of amides is 1. The van der Waals surface area contributed by atoms with Gasteiger partial charge in [-0.15, -0.1) is 12.3 Å². The Morgan fingerprint density at radius 1 is 1.80 bits per heavy atom. The van der Waals surface area contributed by atoms with Gasteiger partial charge < -0.3 is 11.1 Å². The molecule has 0 aliphatic carbocycles. The predicted octanol–water partition coefficient (Wildman–Crippen LogP) is 0.419. The van der Waals surface area contributed by atoms with Crippen LogP contribution in [-0.4, -0.2) is 21.9 Å². The summed E-state index contributed by atoms with van der Waals surface area (Å²) in [4.78, 5) is 18.8. The van der Waals surface area contributed by atoms with Gasteiger partial charge in [0, 0.05) is 12.6 Å². The van der Waals surface area contributed by atoms with E-state index in [-0.39, 0.29) is 11.7 Å². The van der Waals surface area contributed by atoms with E-state index in [1.807, 2.05) is 0 Å². The first kappa shape index (κ1) is 11.4. The van der Waals surface area contributed by atoms with Gasteiger partial charge in [-0.2, -0.15) is 0 Å². The number of carbonyl (C=O) groups is 1. The molecule has 3 N–H and O–H groups in total. The number of aromatic nitrogens is 2. The summed E-state index contributed by atoms with van der Waals surface area (Å²) in [5.41, 5.74) is 5.48. The Bertz CT molecular complexity index is 401. The highest BCUT2D eigenvalue weighted by Crippen LogP contribution is 2.06. The second kappa shape index (κ2) is 5.29. The number of nitrogens with one attached hydrogen (secondary N) is 1. The third-order valence-corrected chi connectivity index (χ3v) is 1.73. The minimum Gasteiger partial charge on any atom is -0.319 e. The Labute approximate surface area is 92.0 Å². The summed E-state index contributed by atoms with van der Waals surface area (Å²) in [6, 6.07) is 0.760. The lowest BCUT2D eigenvalue weighted by Crippen LogP contribution is -2.35. The van der Waals surface area contributed by atoms with E-state index in [0.717, 1.165) is 0 Å². The maximum absolute atomic E-state index is 11.4. The number of carbonyl (C=O) groups excluding carboxylic acids is 1. The number of hydrogen-bond donors (Lipinski definition) is 2. The molecule has 1 amide bonds. The average molecular weight is 225 g/mol. The van der Waals surface area contributed by atoms with E-state index in [0.29, 0.717) is 5.82 Å². The molecule has 0 aliphatic rings. The third-order valence-electron chi connectivity index (χ3n) is 1.55. The number of rotatable bonds is 3. The number of halogens is 1. The van der Waals surface area contributed by atoms with Gasteiger partial charge in [-0.05, 0) is 17.7 Å². The monoisotopic (exact) mass is 224 g/mol. The van der Waals surface area contributed by atoms with Crippen LogP contribution < -0.4 is 11.1 Å². The molecule has 15 heavy (non-hydrogen) atoms. The highest BCUT2D eigenvalue weighted by Gasteiger charge is 2.12. The highest BCUT2D eigenvalue weighted by molar-refractivity contribution is 6.28. The minimum atomic E-state index is -0.747. The summed E-state index contributed by atoms with van der Waals surface area (Å²) in [7, 11) is 0. The molecule has 0 aliphatic heterocycles. The van der Waals surface area contributed by atoms with Crippen molar-refractivity contribution in [2.45, 2.75) is 12.5 Å². The molecule has 0 radical (unpaired) electrons. The fourth-order valence-corrected chi connectivity index (χ4v) is 0.991. The molecule has 0 spiro atoms. The van der Waals surface area contributed by atoms with Crippen LogP contribution in [0.5, 0.6) is 0 Å². The van der Waals surface area contributed by atoms with E-state index in [1.54, 1.807) is 0 Å². The van der Waals surface area contributed by atoms with E-state index in [9.17, 15) is 4.79 Å². The van der Waals surface area contributed by atoms with Crippen molar-refractivity contribution in [2.75, 3.05) is 5.32 Å². The Hall–Kier alpha value is -1.64. The van der Waals surface area contributed by atoms with Gasteiger partial charge in [-0.3, -0.25) is 4.79 Å². The number of terminal acetylenes is 1. The summed E-state index contributed by atoms with van der Waals surface area (Å²) in [5.74, 6) is 2.20. The van der Waals surface area contributed by atoms with Gasteiger partial charge in [0.05, 0.1) is 6.04 Å². The average Bonchev–Trinajstić information content (AvgIpc) is 2.18. The van der Waals surface area contributed by atoms with Crippen molar-refractivity contribution in [1.82, 2.24) is 9.97 Å². The van der Waals surface area contributed by atoms with Crippen molar-refractivity contribution in [3.63, 3.8) is 0 Å². The molecule has 1 aromatic heterocycles. The van der Waals surface area contributed by atoms with Crippen molar-refractivity contribution in [3.8, 4) is 12.3 Å². The highest BCUT2D eigenvalue weighted by atomic mass is 35.5. The van der Waals surface area contributed by atoms with Crippen LogP contribution >= 0.6 is 11.6 Å². The molecule has 1 unspecified atom stereocenters. The zero-order chi connectivity index (χ0) is 11.3. The molecule has 78 valence electrons. The quantitative estimate of drug-likeness (QED) is 0.576. The van der Waals surface area contributed by atoms with Gasteiger partial charge >= 0.3 is 0 Å². The largest absolute Gasteiger partial charge is 0.319 e. The Morgan fingerprint density at radius 3 is 3.13 bits per heavy atom. The zero-order valence-corrected chi connectivity index (χ0v) is 8.53. The second-order valence-electron chi connectivity index (χ2n) is 2.71. The fraction of sp³-hybridized carbons (Fsp3) is 0.222. The maximum Gasteiger partial charge on any atom is 0.243 e. The van der Waals surface area contributed by atoms with Crippen molar-refractivity contribution in [3.05, 3.63) is 17.5 Å². The van der Waals surface area contributed by atoms with Crippen molar-refractivity contribution in [1.29, 1.82) is 0 Å². The Morgan fingerprint density at radius 2 is 2.53 bits per heavy atom. The first-order valence-corrected chi connectivity index (χ1v) is 4.49. The Kier molecular flexibility index (Phi) is 4.03. The Balaban J connectivity index is 2.63. The van der Waals surface area contributed by atoms with Crippen LogP contribution in [0.3, 0.4) is 0 Å². The molecule has 0 fully saturated rings. The molecule has 5 nitrogen and oxygen atoms in total. The zero-order valence-electron chi connectivity index (χ0n) is 7.77. The first-order chi connectivity index (χ1) is 7.13. The number of anilines is 1. The van der Waals surface area contributed by atoms with Crippen LogP contribution in [0.1, 0.15) is 6.42 Å². The maximum atomic E-state index is 11.4. The molecule has 0 saturated heterocycles. The third kappa shape index (κ3) is 3.54. The summed E-state index contributed by atoms with van der Waals surface area (Å²) in [6.07, 6.45) is 6.63. The van der Waals surface area contributed by atoms with E-state index in [2.05, 4.69) is 21.2 Å². The molecule has 0 aromatic carbocycles. The number of hydrogen-bond acceptors (Lipinski definition) is 4. The lowest BCUT2D eigenvalue weighted by atomic mass is 10.2. The van der Waals surface area contributed by atoms with Gasteiger partial charge in [0.2, 0.25) is 11.2 Å². The summed E-state index contributed by atoms with van der Waals surface area (Å²) in [5, 5.41) is 2.53.